The normalized spacial score (nSPS) is 13.7. The van der Waals surface area contributed by atoms with Crippen molar-refractivity contribution < 1.29 is 9.90 Å². The lowest BCUT2D eigenvalue weighted by Crippen LogP contribution is -2.03. The molecule has 0 saturated carbocycles. The monoisotopic (exact) mass is 151 g/mol. The molecule has 0 bridgehead atoms. The summed E-state index contributed by atoms with van der Waals surface area (Å²) in [6, 6.07) is 0. The van der Waals surface area contributed by atoms with Crippen LogP contribution in [0.15, 0.2) is 0 Å². The van der Waals surface area contributed by atoms with E-state index in [0.29, 0.717) is 0 Å². The number of aliphatic hydroxyl groups excluding tert-OH is 1. The predicted molar refractivity (Wildman–Crippen MR) is 25.5 cm³/mol. The van der Waals surface area contributed by atoms with Crippen LogP contribution in [-0.2, 0) is 4.79 Å². The van der Waals surface area contributed by atoms with Crippen molar-refractivity contribution in [1.29, 1.82) is 0 Å². The lowest BCUT2D eigenvalue weighted by molar-refractivity contribution is 0.310. The Morgan fingerprint density at radius 3 is 2.50 bits per heavy atom. The minimum absolute atomic E-state index is 0.177. The van der Waals surface area contributed by atoms with E-state index in [0.717, 1.165) is 0 Å². The summed E-state index contributed by atoms with van der Waals surface area (Å²) in [5.74, 6) is 0. The van der Waals surface area contributed by atoms with E-state index >= 15 is 0 Å². The molecule has 2 nitrogen and oxygen atoms in total. The first-order chi connectivity index (χ1) is 2.81. The SMILES string of the molecule is O=[C]C(Br)CO. The quantitative estimate of drug-likeness (QED) is 0.558. The maximum absolute atomic E-state index is 9.40. The summed E-state index contributed by atoms with van der Waals surface area (Å²) in [6.45, 7) is -0.177. The second kappa shape index (κ2) is 3.31. The van der Waals surface area contributed by atoms with E-state index in [4.69, 9.17) is 5.11 Å². The molecular formula is C3H4BrO2. The second-order valence-electron chi connectivity index (χ2n) is 0.768. The van der Waals surface area contributed by atoms with Crippen LogP contribution in [0.5, 0.6) is 0 Å². The third-order valence-electron chi connectivity index (χ3n) is 0.288. The van der Waals surface area contributed by atoms with Crippen molar-refractivity contribution in [1.82, 2.24) is 0 Å². The standard InChI is InChI=1S/C3H4BrO2/c4-3(1-5)2-6/h3,5H,1H2. The van der Waals surface area contributed by atoms with Crippen molar-refractivity contribution in [3.05, 3.63) is 0 Å². The predicted octanol–water partition coefficient (Wildman–Crippen LogP) is -0.148. The molecule has 0 fully saturated rings. The second-order valence-corrected chi connectivity index (χ2v) is 1.87. The summed E-state index contributed by atoms with van der Waals surface area (Å²) >= 11 is 2.80. The van der Waals surface area contributed by atoms with Crippen molar-refractivity contribution in [2.24, 2.45) is 0 Å². The molecule has 1 N–H and O–H groups in total. The molecule has 1 radical (unpaired) electrons. The molecule has 0 aromatic rings. The Hall–Kier alpha value is 0.110. The maximum atomic E-state index is 9.40. The maximum Gasteiger partial charge on any atom is 0.215 e. The molecule has 35 valence electrons. The van der Waals surface area contributed by atoms with Crippen molar-refractivity contribution in [2.45, 2.75) is 4.83 Å². The van der Waals surface area contributed by atoms with Crippen LogP contribution < -0.4 is 0 Å². The van der Waals surface area contributed by atoms with E-state index in [9.17, 15) is 4.79 Å². The largest absolute Gasteiger partial charge is 0.395 e. The zero-order chi connectivity index (χ0) is 4.99. The fourth-order valence-corrected chi connectivity index (χ4v) is 0.0373. The highest BCUT2D eigenvalue weighted by atomic mass is 79.9. The van der Waals surface area contributed by atoms with Gasteiger partial charge in [0.15, 0.2) is 0 Å². The van der Waals surface area contributed by atoms with Crippen LogP contribution in [0.2, 0.25) is 0 Å². The van der Waals surface area contributed by atoms with Gasteiger partial charge in [-0.25, -0.2) is 0 Å². The van der Waals surface area contributed by atoms with E-state index in [1.54, 1.807) is 0 Å². The summed E-state index contributed by atoms with van der Waals surface area (Å²) in [5.41, 5.74) is 0. The molecule has 3 heteroatoms. The Kier molecular flexibility index (Phi) is 3.37. The number of hydrogen-bond acceptors (Lipinski definition) is 2. The van der Waals surface area contributed by atoms with E-state index in [1.807, 2.05) is 0 Å². The number of hydrogen-bond donors (Lipinski definition) is 1. The summed E-state index contributed by atoms with van der Waals surface area (Å²) in [4.78, 5) is 8.90. The molecule has 0 aliphatic carbocycles. The molecule has 1 atom stereocenters. The smallest absolute Gasteiger partial charge is 0.215 e. The molecule has 0 spiro atoms. The molecule has 0 aromatic heterocycles. The van der Waals surface area contributed by atoms with Crippen molar-refractivity contribution >= 4 is 22.2 Å². The number of carbonyl (C=O) groups excluding carboxylic acids is 1. The highest BCUT2D eigenvalue weighted by Gasteiger charge is 1.95. The van der Waals surface area contributed by atoms with Gasteiger partial charge in [-0.15, -0.1) is 0 Å². The van der Waals surface area contributed by atoms with Gasteiger partial charge in [0.2, 0.25) is 6.29 Å². The van der Waals surface area contributed by atoms with Crippen LogP contribution in [-0.4, -0.2) is 22.8 Å². The van der Waals surface area contributed by atoms with Crippen LogP contribution in [0.4, 0.5) is 0 Å². The topological polar surface area (TPSA) is 37.3 Å². The van der Waals surface area contributed by atoms with Gasteiger partial charge in [0.25, 0.3) is 0 Å². The zero-order valence-electron chi connectivity index (χ0n) is 3.02. The van der Waals surface area contributed by atoms with Gasteiger partial charge >= 0.3 is 0 Å². The average molecular weight is 152 g/mol. The van der Waals surface area contributed by atoms with E-state index < -0.39 is 4.83 Å². The van der Waals surface area contributed by atoms with Crippen LogP contribution in [0.25, 0.3) is 0 Å². The third-order valence-corrected chi connectivity index (χ3v) is 0.765. The summed E-state index contributed by atoms with van der Waals surface area (Å²) < 4.78 is 0. The van der Waals surface area contributed by atoms with Crippen LogP contribution in [0.1, 0.15) is 0 Å². The first kappa shape index (κ1) is 6.11. The third kappa shape index (κ3) is 2.35. The lowest BCUT2D eigenvalue weighted by atomic mass is 10.5. The first-order valence-corrected chi connectivity index (χ1v) is 2.35. The number of alkyl halides is 1. The van der Waals surface area contributed by atoms with Crippen LogP contribution in [0.3, 0.4) is 0 Å². The Labute approximate surface area is 44.3 Å². The molecule has 0 heterocycles. The molecular weight excluding hydrogens is 148 g/mol. The van der Waals surface area contributed by atoms with Gasteiger partial charge in [-0.2, -0.15) is 0 Å². The van der Waals surface area contributed by atoms with Gasteiger partial charge in [-0.1, -0.05) is 15.9 Å². The average Bonchev–Trinajstić information content (AvgIpc) is 1.65. The molecule has 6 heavy (non-hydrogen) atoms. The number of halogens is 1. The van der Waals surface area contributed by atoms with Gasteiger partial charge in [-0.05, 0) is 0 Å². The molecule has 0 amide bonds. The zero-order valence-corrected chi connectivity index (χ0v) is 4.60. The summed E-state index contributed by atoms with van der Waals surface area (Å²) in [6.07, 6.45) is 1.53. The minimum Gasteiger partial charge on any atom is -0.395 e. The van der Waals surface area contributed by atoms with Gasteiger partial charge in [-0.3, -0.25) is 4.79 Å². The van der Waals surface area contributed by atoms with Crippen molar-refractivity contribution in [2.75, 3.05) is 6.61 Å². The highest BCUT2D eigenvalue weighted by Crippen LogP contribution is 1.89. The summed E-state index contributed by atoms with van der Waals surface area (Å²) in [5, 5.41) is 8.03. The van der Waals surface area contributed by atoms with E-state index in [2.05, 4.69) is 15.9 Å². The van der Waals surface area contributed by atoms with Gasteiger partial charge in [0, 0.05) is 0 Å². The number of aliphatic hydroxyl groups is 1. The molecule has 0 aliphatic heterocycles. The minimum atomic E-state index is -0.502. The Balaban J connectivity index is 2.96. The number of rotatable bonds is 2. The fourth-order valence-electron chi connectivity index (χ4n) is 0.0373. The Morgan fingerprint density at radius 1 is 2.00 bits per heavy atom. The lowest BCUT2D eigenvalue weighted by Gasteiger charge is -1.85. The Bertz CT molecular complexity index is 46.1. The van der Waals surface area contributed by atoms with Crippen LogP contribution >= 0.6 is 15.9 Å². The van der Waals surface area contributed by atoms with E-state index in [1.165, 1.54) is 6.29 Å². The highest BCUT2D eigenvalue weighted by molar-refractivity contribution is 9.10. The Morgan fingerprint density at radius 2 is 2.50 bits per heavy atom. The van der Waals surface area contributed by atoms with Gasteiger partial charge < -0.3 is 5.11 Å². The van der Waals surface area contributed by atoms with Crippen molar-refractivity contribution in [3.63, 3.8) is 0 Å². The van der Waals surface area contributed by atoms with Crippen molar-refractivity contribution in [3.8, 4) is 0 Å². The molecule has 1 unspecified atom stereocenters. The molecule has 0 rings (SSSR count). The molecule has 0 aromatic carbocycles. The van der Waals surface area contributed by atoms with Crippen LogP contribution in [0, 0.1) is 0 Å². The summed E-state index contributed by atoms with van der Waals surface area (Å²) in [7, 11) is 0. The van der Waals surface area contributed by atoms with Gasteiger partial charge in [0.05, 0.1) is 6.61 Å². The van der Waals surface area contributed by atoms with Gasteiger partial charge in [0.1, 0.15) is 4.83 Å². The first-order valence-electron chi connectivity index (χ1n) is 1.44. The van der Waals surface area contributed by atoms with E-state index in [-0.39, 0.29) is 6.61 Å². The molecule has 0 saturated heterocycles. The molecule has 0 aliphatic rings. The fraction of sp³-hybridized carbons (Fsp3) is 0.667.